The normalized spacial score (nSPS) is 10.6. The zero-order valence-corrected chi connectivity index (χ0v) is 11.6. The Kier molecular flexibility index (Phi) is 3.51. The Morgan fingerprint density at radius 1 is 1.23 bits per heavy atom. The third kappa shape index (κ3) is 2.63. The highest BCUT2D eigenvalue weighted by Crippen LogP contribution is 2.25. The van der Waals surface area contributed by atoms with E-state index in [1.54, 1.807) is 6.07 Å². The molecule has 22 heavy (non-hydrogen) atoms. The molecule has 0 bridgehead atoms. The largest absolute Gasteiger partial charge is 0.271 e. The minimum absolute atomic E-state index is 0.109. The fraction of sp³-hybridized carbons (Fsp3) is 0. The summed E-state index contributed by atoms with van der Waals surface area (Å²) in [6.07, 6.45) is 0. The van der Waals surface area contributed by atoms with E-state index in [1.165, 1.54) is 36.4 Å². The molecule has 110 valence electrons. The Labute approximate surface area is 128 Å². The van der Waals surface area contributed by atoms with Gasteiger partial charge in [-0.25, -0.2) is 4.39 Å². The summed E-state index contributed by atoms with van der Waals surface area (Å²) >= 11 is 6.00. The first-order valence-corrected chi connectivity index (χ1v) is 6.42. The summed E-state index contributed by atoms with van der Waals surface area (Å²) in [7, 11) is 0. The van der Waals surface area contributed by atoms with Crippen molar-refractivity contribution >= 4 is 17.3 Å². The molecular formula is C13H7ClFN5O2. The molecule has 0 aliphatic carbocycles. The first kappa shape index (κ1) is 14.1. The average molecular weight is 320 g/mol. The molecule has 9 heteroatoms. The summed E-state index contributed by atoms with van der Waals surface area (Å²) in [5.41, 5.74) is 0.658. The number of benzene rings is 2. The predicted octanol–water partition coefficient (Wildman–Crippen LogP) is 3.03. The quantitative estimate of drug-likeness (QED) is 0.547. The zero-order valence-electron chi connectivity index (χ0n) is 10.8. The maximum Gasteiger partial charge on any atom is 0.271 e. The van der Waals surface area contributed by atoms with Crippen LogP contribution in [0.1, 0.15) is 0 Å². The second-order valence-electron chi connectivity index (χ2n) is 4.31. The second-order valence-corrected chi connectivity index (χ2v) is 4.71. The first-order valence-electron chi connectivity index (χ1n) is 6.05. The van der Waals surface area contributed by atoms with Crippen LogP contribution in [-0.4, -0.2) is 25.1 Å². The molecule has 0 atom stereocenters. The van der Waals surface area contributed by atoms with Gasteiger partial charge in [0.25, 0.3) is 5.69 Å². The van der Waals surface area contributed by atoms with Crippen molar-refractivity contribution in [1.82, 2.24) is 20.2 Å². The molecule has 0 spiro atoms. The molecule has 0 N–H and O–H groups in total. The van der Waals surface area contributed by atoms with E-state index in [9.17, 15) is 14.5 Å². The van der Waals surface area contributed by atoms with Crippen LogP contribution in [0, 0.1) is 15.9 Å². The van der Waals surface area contributed by atoms with Crippen molar-refractivity contribution in [3.63, 3.8) is 0 Å². The highest BCUT2D eigenvalue weighted by Gasteiger charge is 2.14. The molecule has 0 unspecified atom stereocenters. The van der Waals surface area contributed by atoms with Crippen molar-refractivity contribution in [2.75, 3.05) is 0 Å². The van der Waals surface area contributed by atoms with Gasteiger partial charge in [0, 0.05) is 17.7 Å². The van der Waals surface area contributed by atoms with Gasteiger partial charge in [-0.3, -0.25) is 10.1 Å². The maximum atomic E-state index is 13.2. The van der Waals surface area contributed by atoms with Gasteiger partial charge in [-0.15, -0.1) is 15.0 Å². The summed E-state index contributed by atoms with van der Waals surface area (Å²) in [6, 6.07) is 9.65. The number of nitro benzene ring substituents is 1. The van der Waals surface area contributed by atoms with E-state index >= 15 is 0 Å². The molecule has 0 radical (unpaired) electrons. The Bertz CT molecular complexity index is 867. The number of aromatic nitrogens is 4. The minimum Gasteiger partial charge on any atom is -0.258 e. The molecule has 7 nitrogen and oxygen atoms in total. The van der Waals surface area contributed by atoms with Crippen LogP contribution < -0.4 is 0 Å². The maximum absolute atomic E-state index is 13.2. The lowest BCUT2D eigenvalue weighted by molar-refractivity contribution is -0.384. The molecule has 0 saturated heterocycles. The van der Waals surface area contributed by atoms with Crippen molar-refractivity contribution in [3.05, 3.63) is 63.4 Å². The van der Waals surface area contributed by atoms with Gasteiger partial charge in [-0.05, 0) is 23.4 Å². The molecule has 0 amide bonds. The third-order valence-corrected chi connectivity index (χ3v) is 3.16. The van der Waals surface area contributed by atoms with E-state index in [2.05, 4.69) is 15.4 Å². The van der Waals surface area contributed by atoms with Gasteiger partial charge in [0.1, 0.15) is 11.5 Å². The Hall–Kier alpha value is -2.87. The van der Waals surface area contributed by atoms with Gasteiger partial charge in [0.15, 0.2) is 0 Å². The van der Waals surface area contributed by atoms with Crippen LogP contribution in [0.4, 0.5) is 10.1 Å². The first-order chi connectivity index (χ1) is 10.5. The molecule has 0 fully saturated rings. The van der Waals surface area contributed by atoms with Gasteiger partial charge in [-0.2, -0.15) is 0 Å². The fourth-order valence-corrected chi connectivity index (χ4v) is 2.08. The van der Waals surface area contributed by atoms with E-state index in [0.717, 1.165) is 4.80 Å². The predicted molar refractivity (Wildman–Crippen MR) is 76.2 cm³/mol. The van der Waals surface area contributed by atoms with E-state index in [1.807, 2.05) is 0 Å². The number of rotatable bonds is 3. The molecule has 0 saturated carbocycles. The zero-order chi connectivity index (χ0) is 15.7. The molecule has 0 aliphatic heterocycles. The van der Waals surface area contributed by atoms with Gasteiger partial charge >= 0.3 is 0 Å². The van der Waals surface area contributed by atoms with E-state index in [4.69, 9.17) is 11.6 Å². The van der Waals surface area contributed by atoms with E-state index in [-0.39, 0.29) is 16.5 Å². The monoisotopic (exact) mass is 319 g/mol. The molecule has 1 aromatic heterocycles. The molecular weight excluding hydrogens is 313 g/mol. The van der Waals surface area contributed by atoms with Crippen molar-refractivity contribution in [2.45, 2.75) is 0 Å². The van der Waals surface area contributed by atoms with E-state index in [0.29, 0.717) is 11.3 Å². The molecule has 2 aromatic carbocycles. The Morgan fingerprint density at radius 3 is 2.73 bits per heavy atom. The lowest BCUT2D eigenvalue weighted by atomic mass is 10.2. The van der Waals surface area contributed by atoms with Gasteiger partial charge in [-0.1, -0.05) is 23.7 Å². The van der Waals surface area contributed by atoms with Crippen LogP contribution in [0.25, 0.3) is 17.1 Å². The summed E-state index contributed by atoms with van der Waals surface area (Å²) in [6.45, 7) is 0. The summed E-state index contributed by atoms with van der Waals surface area (Å²) < 4.78 is 13.2. The number of nitrogens with zero attached hydrogens (tertiary/aromatic N) is 5. The van der Waals surface area contributed by atoms with Crippen molar-refractivity contribution in [1.29, 1.82) is 0 Å². The molecule has 3 rings (SSSR count). The van der Waals surface area contributed by atoms with Crippen LogP contribution in [-0.2, 0) is 0 Å². The second kappa shape index (κ2) is 5.49. The van der Waals surface area contributed by atoms with Gasteiger partial charge in [0.2, 0.25) is 5.82 Å². The molecule has 0 aliphatic rings. The highest BCUT2D eigenvalue weighted by molar-refractivity contribution is 6.32. The number of non-ortho nitro benzene ring substituents is 1. The molecule has 1 heterocycles. The van der Waals surface area contributed by atoms with Crippen molar-refractivity contribution in [2.24, 2.45) is 0 Å². The van der Waals surface area contributed by atoms with Gasteiger partial charge in [0.05, 0.1) is 9.95 Å². The number of halogens is 2. The SMILES string of the molecule is O=[N+]([O-])c1ccc(-n2nnc(-c3cccc(F)c3)n2)c(Cl)c1. The number of hydrogen-bond donors (Lipinski definition) is 0. The average Bonchev–Trinajstić information content (AvgIpc) is 2.96. The van der Waals surface area contributed by atoms with Crippen LogP contribution in [0.3, 0.4) is 0 Å². The fourth-order valence-electron chi connectivity index (χ4n) is 1.83. The topological polar surface area (TPSA) is 86.7 Å². The smallest absolute Gasteiger partial charge is 0.258 e. The van der Waals surface area contributed by atoms with Crippen LogP contribution in [0.15, 0.2) is 42.5 Å². The van der Waals surface area contributed by atoms with Gasteiger partial charge < -0.3 is 0 Å². The van der Waals surface area contributed by atoms with Crippen LogP contribution in [0.2, 0.25) is 5.02 Å². The van der Waals surface area contributed by atoms with Crippen molar-refractivity contribution in [3.8, 4) is 17.1 Å². The highest BCUT2D eigenvalue weighted by atomic mass is 35.5. The van der Waals surface area contributed by atoms with Crippen LogP contribution in [0.5, 0.6) is 0 Å². The number of tetrazole rings is 1. The number of hydrogen-bond acceptors (Lipinski definition) is 5. The number of nitro groups is 1. The minimum atomic E-state index is -0.553. The third-order valence-electron chi connectivity index (χ3n) is 2.85. The lowest BCUT2D eigenvalue weighted by Gasteiger charge is -2.01. The van der Waals surface area contributed by atoms with E-state index < -0.39 is 10.7 Å². The molecule has 3 aromatic rings. The Morgan fingerprint density at radius 2 is 2.05 bits per heavy atom. The van der Waals surface area contributed by atoms with Crippen LogP contribution >= 0.6 is 11.6 Å². The summed E-state index contributed by atoms with van der Waals surface area (Å²) in [4.78, 5) is 11.3. The standard InChI is InChI=1S/C13H7ClFN5O2/c14-11-7-10(20(21)22)4-5-12(11)19-17-13(16-18-19)8-2-1-3-9(15)6-8/h1-7H. The Balaban J connectivity index is 1.99. The lowest BCUT2D eigenvalue weighted by Crippen LogP contribution is -2.00. The summed E-state index contributed by atoms with van der Waals surface area (Å²) in [5.74, 6) is -0.198. The summed E-state index contributed by atoms with van der Waals surface area (Å²) in [5, 5.41) is 22.5. The van der Waals surface area contributed by atoms with Crippen molar-refractivity contribution < 1.29 is 9.31 Å².